The Morgan fingerprint density at radius 1 is 1.42 bits per heavy atom. The van der Waals surface area contributed by atoms with E-state index in [4.69, 9.17) is 0 Å². The third kappa shape index (κ3) is 2.93. The van der Waals surface area contributed by atoms with Crippen molar-refractivity contribution in [3.05, 3.63) is 45.7 Å². The number of pyridine rings is 1. The van der Waals surface area contributed by atoms with E-state index in [9.17, 15) is 13.6 Å². The van der Waals surface area contributed by atoms with Gasteiger partial charge in [0.25, 0.3) is 5.91 Å². The van der Waals surface area contributed by atoms with E-state index in [1.54, 1.807) is 6.20 Å². The number of carbonyl (C=O) groups excluding carboxylic acids is 1. The van der Waals surface area contributed by atoms with Crippen molar-refractivity contribution < 1.29 is 13.6 Å². The Balaban J connectivity index is 2.17. The van der Waals surface area contributed by atoms with Crippen molar-refractivity contribution in [2.45, 2.75) is 13.5 Å². The van der Waals surface area contributed by atoms with Gasteiger partial charge in [-0.05, 0) is 13.0 Å². The summed E-state index contributed by atoms with van der Waals surface area (Å²) in [5, 5.41) is 0.886. The van der Waals surface area contributed by atoms with Gasteiger partial charge >= 0.3 is 0 Å². The number of hydrogen-bond acceptors (Lipinski definition) is 4. The van der Waals surface area contributed by atoms with Gasteiger partial charge in [0.05, 0.1) is 17.1 Å². The van der Waals surface area contributed by atoms with Gasteiger partial charge < -0.3 is 4.90 Å². The first kappa shape index (κ1) is 13.5. The summed E-state index contributed by atoms with van der Waals surface area (Å²) in [5.41, 5.74) is -0.323. The lowest BCUT2D eigenvalue weighted by atomic mass is 10.2. The number of hydrogen-bond donors (Lipinski definition) is 0. The van der Waals surface area contributed by atoms with Crippen LogP contribution in [0.25, 0.3) is 0 Å². The number of amides is 1. The SMILES string of the molecule is Cc1ncc(CN(C)C(=O)c2ccnc(F)c2F)s1. The van der Waals surface area contributed by atoms with Gasteiger partial charge in [-0.2, -0.15) is 4.39 Å². The third-order valence-electron chi connectivity index (χ3n) is 2.49. The second-order valence-electron chi connectivity index (χ2n) is 3.97. The Bertz CT molecular complexity index is 615. The third-order valence-corrected chi connectivity index (χ3v) is 3.38. The fourth-order valence-electron chi connectivity index (χ4n) is 1.57. The van der Waals surface area contributed by atoms with E-state index in [-0.39, 0.29) is 5.56 Å². The van der Waals surface area contributed by atoms with Gasteiger partial charge in [0.2, 0.25) is 5.95 Å². The molecule has 2 aromatic heterocycles. The fraction of sp³-hybridized carbons (Fsp3) is 0.250. The highest BCUT2D eigenvalue weighted by Gasteiger charge is 2.20. The van der Waals surface area contributed by atoms with Gasteiger partial charge in [-0.25, -0.2) is 14.4 Å². The van der Waals surface area contributed by atoms with Crippen LogP contribution in [0.3, 0.4) is 0 Å². The average Bonchev–Trinajstić information content (AvgIpc) is 2.77. The van der Waals surface area contributed by atoms with Crippen molar-refractivity contribution in [1.29, 1.82) is 0 Å². The molecule has 0 unspecified atom stereocenters. The molecule has 0 saturated carbocycles. The number of halogens is 2. The van der Waals surface area contributed by atoms with Crippen molar-refractivity contribution >= 4 is 17.2 Å². The monoisotopic (exact) mass is 283 g/mol. The summed E-state index contributed by atoms with van der Waals surface area (Å²) >= 11 is 1.45. The van der Waals surface area contributed by atoms with E-state index in [0.29, 0.717) is 6.54 Å². The fourth-order valence-corrected chi connectivity index (χ4v) is 2.42. The molecule has 0 N–H and O–H groups in total. The van der Waals surface area contributed by atoms with Crippen LogP contribution >= 0.6 is 11.3 Å². The maximum absolute atomic E-state index is 13.5. The van der Waals surface area contributed by atoms with Crippen LogP contribution in [0.4, 0.5) is 8.78 Å². The van der Waals surface area contributed by atoms with Crippen LogP contribution in [0, 0.1) is 18.7 Å². The summed E-state index contributed by atoms with van der Waals surface area (Å²) in [6.07, 6.45) is 2.73. The van der Waals surface area contributed by atoms with E-state index < -0.39 is 17.7 Å². The maximum Gasteiger partial charge on any atom is 0.257 e. The van der Waals surface area contributed by atoms with Gasteiger partial charge in [-0.15, -0.1) is 11.3 Å². The Morgan fingerprint density at radius 3 is 2.79 bits per heavy atom. The number of thiazole rings is 1. The van der Waals surface area contributed by atoms with Crippen molar-refractivity contribution in [1.82, 2.24) is 14.9 Å². The molecule has 7 heteroatoms. The molecule has 0 aromatic carbocycles. The predicted octanol–water partition coefficient (Wildman–Crippen LogP) is 2.40. The first-order valence-corrected chi connectivity index (χ1v) is 6.27. The summed E-state index contributed by atoms with van der Waals surface area (Å²) in [6, 6.07) is 1.16. The number of nitrogens with zero attached hydrogens (tertiary/aromatic N) is 3. The van der Waals surface area contributed by atoms with Gasteiger partial charge in [-0.3, -0.25) is 4.79 Å². The second kappa shape index (κ2) is 5.40. The zero-order valence-electron chi connectivity index (χ0n) is 10.4. The molecule has 0 aliphatic carbocycles. The van der Waals surface area contributed by atoms with Crippen LogP contribution in [0.2, 0.25) is 0 Å². The quantitative estimate of drug-likeness (QED) is 0.813. The Hall–Kier alpha value is -1.89. The first-order valence-electron chi connectivity index (χ1n) is 5.46. The standard InChI is InChI=1S/C12H11F2N3OS/c1-7-16-5-8(19-7)6-17(2)12(18)9-3-4-15-11(14)10(9)13/h3-5H,6H2,1-2H3. The Labute approximate surface area is 112 Å². The Morgan fingerprint density at radius 2 is 2.16 bits per heavy atom. The van der Waals surface area contributed by atoms with Crippen LogP contribution in [0.5, 0.6) is 0 Å². The van der Waals surface area contributed by atoms with Crippen molar-refractivity contribution in [2.24, 2.45) is 0 Å². The van der Waals surface area contributed by atoms with Crippen LogP contribution in [0.1, 0.15) is 20.2 Å². The zero-order chi connectivity index (χ0) is 14.0. The number of carbonyl (C=O) groups is 1. The van der Waals surface area contributed by atoms with E-state index in [1.807, 2.05) is 6.92 Å². The molecule has 19 heavy (non-hydrogen) atoms. The summed E-state index contributed by atoms with van der Waals surface area (Å²) in [4.78, 5) is 21.4. The molecule has 0 aliphatic rings. The highest BCUT2D eigenvalue weighted by molar-refractivity contribution is 7.11. The minimum absolute atomic E-state index is 0.299. The molecular weight excluding hydrogens is 272 g/mol. The van der Waals surface area contributed by atoms with Crippen molar-refractivity contribution in [3.8, 4) is 0 Å². The van der Waals surface area contributed by atoms with Gasteiger partial charge in [-0.1, -0.05) is 0 Å². The molecule has 0 aliphatic heterocycles. The average molecular weight is 283 g/mol. The molecule has 2 heterocycles. The molecule has 2 rings (SSSR count). The second-order valence-corrected chi connectivity index (χ2v) is 5.29. The largest absolute Gasteiger partial charge is 0.336 e. The highest BCUT2D eigenvalue weighted by atomic mass is 32.1. The summed E-state index contributed by atoms with van der Waals surface area (Å²) in [6.45, 7) is 2.15. The molecule has 0 atom stereocenters. The maximum atomic E-state index is 13.5. The minimum atomic E-state index is -1.27. The Kier molecular flexibility index (Phi) is 3.84. The highest BCUT2D eigenvalue weighted by Crippen LogP contribution is 2.16. The molecule has 0 saturated heterocycles. The van der Waals surface area contributed by atoms with Crippen LogP contribution < -0.4 is 0 Å². The van der Waals surface area contributed by atoms with Crippen molar-refractivity contribution in [2.75, 3.05) is 7.05 Å². The first-order chi connectivity index (χ1) is 8.99. The van der Waals surface area contributed by atoms with Crippen molar-refractivity contribution in [3.63, 3.8) is 0 Å². The summed E-state index contributed by atoms with van der Waals surface area (Å²) < 4.78 is 26.4. The molecule has 0 spiro atoms. The van der Waals surface area contributed by atoms with Gasteiger partial charge in [0.15, 0.2) is 5.82 Å². The molecule has 0 radical (unpaired) electrons. The van der Waals surface area contributed by atoms with Crippen LogP contribution in [0.15, 0.2) is 18.5 Å². The molecular formula is C12H11F2N3OS. The molecule has 4 nitrogen and oxygen atoms in total. The lowest BCUT2D eigenvalue weighted by Crippen LogP contribution is -2.27. The molecule has 100 valence electrons. The van der Waals surface area contributed by atoms with E-state index in [0.717, 1.165) is 22.1 Å². The van der Waals surface area contributed by atoms with E-state index in [1.165, 1.54) is 23.3 Å². The number of aryl methyl sites for hydroxylation is 1. The van der Waals surface area contributed by atoms with Gasteiger partial charge in [0, 0.05) is 24.3 Å². The molecule has 2 aromatic rings. The van der Waals surface area contributed by atoms with Crippen LogP contribution in [-0.4, -0.2) is 27.8 Å². The lowest BCUT2D eigenvalue weighted by Gasteiger charge is -2.16. The smallest absolute Gasteiger partial charge is 0.257 e. The van der Waals surface area contributed by atoms with E-state index in [2.05, 4.69) is 9.97 Å². The molecule has 0 bridgehead atoms. The molecule has 1 amide bonds. The lowest BCUT2D eigenvalue weighted by molar-refractivity contribution is 0.0780. The molecule has 0 fully saturated rings. The topological polar surface area (TPSA) is 46.1 Å². The zero-order valence-corrected chi connectivity index (χ0v) is 11.2. The predicted molar refractivity (Wildman–Crippen MR) is 66.8 cm³/mol. The normalized spacial score (nSPS) is 10.5. The summed E-state index contributed by atoms with van der Waals surface area (Å²) in [5.74, 6) is -3.09. The summed E-state index contributed by atoms with van der Waals surface area (Å²) in [7, 11) is 1.52. The van der Waals surface area contributed by atoms with E-state index >= 15 is 0 Å². The van der Waals surface area contributed by atoms with Crippen LogP contribution in [-0.2, 0) is 6.54 Å². The van der Waals surface area contributed by atoms with Gasteiger partial charge in [0.1, 0.15) is 0 Å². The number of aromatic nitrogens is 2. The number of rotatable bonds is 3. The minimum Gasteiger partial charge on any atom is -0.336 e.